The molecule has 1 aliphatic heterocycles. The van der Waals surface area contributed by atoms with Crippen molar-refractivity contribution in [3.63, 3.8) is 0 Å². The average Bonchev–Trinajstić information content (AvgIpc) is 3.22. The van der Waals surface area contributed by atoms with E-state index in [4.69, 9.17) is 0 Å². The second-order valence-corrected chi connectivity index (χ2v) is 7.17. The Balaban J connectivity index is 1.52. The van der Waals surface area contributed by atoms with Crippen LogP contribution in [0.25, 0.3) is 16.4 Å². The van der Waals surface area contributed by atoms with Crippen molar-refractivity contribution < 1.29 is 9.59 Å². The first-order valence-electron chi connectivity index (χ1n) is 9.11. The van der Waals surface area contributed by atoms with Gasteiger partial charge >= 0.3 is 6.03 Å². The van der Waals surface area contributed by atoms with E-state index in [1.54, 1.807) is 6.92 Å². The van der Waals surface area contributed by atoms with Crippen LogP contribution in [0.4, 0.5) is 4.79 Å². The summed E-state index contributed by atoms with van der Waals surface area (Å²) in [5.74, 6) is -0.272. The SMILES string of the molecule is CC1(c2cccc3ccccc23)NC(=O)N(Cc2cn3ccccc3n2)C1=O. The quantitative estimate of drug-likeness (QED) is 0.562. The summed E-state index contributed by atoms with van der Waals surface area (Å²) in [6.45, 7) is 1.89. The number of imidazole rings is 1. The van der Waals surface area contributed by atoms with Gasteiger partial charge in [0.05, 0.1) is 12.2 Å². The monoisotopic (exact) mass is 370 g/mol. The highest BCUT2D eigenvalue weighted by Gasteiger charge is 2.49. The first-order valence-corrected chi connectivity index (χ1v) is 9.11. The Kier molecular flexibility index (Phi) is 3.49. The number of carbonyl (C=O) groups excluding carboxylic acids is 2. The molecule has 1 fully saturated rings. The molecule has 0 spiro atoms. The van der Waals surface area contributed by atoms with E-state index >= 15 is 0 Å². The summed E-state index contributed by atoms with van der Waals surface area (Å²) in [6, 6.07) is 19.0. The molecule has 6 nitrogen and oxygen atoms in total. The van der Waals surface area contributed by atoms with E-state index in [1.807, 2.05) is 77.5 Å². The molecule has 6 heteroatoms. The zero-order chi connectivity index (χ0) is 19.3. The van der Waals surface area contributed by atoms with Crippen LogP contribution < -0.4 is 5.32 Å². The number of imide groups is 1. The lowest BCUT2D eigenvalue weighted by atomic mass is 9.88. The van der Waals surface area contributed by atoms with Crippen LogP contribution >= 0.6 is 0 Å². The first kappa shape index (κ1) is 16.5. The summed E-state index contributed by atoms with van der Waals surface area (Å²) in [5, 5.41) is 4.88. The van der Waals surface area contributed by atoms with Crippen LogP contribution in [0.3, 0.4) is 0 Å². The summed E-state index contributed by atoms with van der Waals surface area (Å²) >= 11 is 0. The molecule has 3 amide bonds. The Morgan fingerprint density at radius 2 is 1.79 bits per heavy atom. The molecule has 2 aromatic heterocycles. The van der Waals surface area contributed by atoms with Gasteiger partial charge in [-0.15, -0.1) is 0 Å². The van der Waals surface area contributed by atoms with E-state index in [0.29, 0.717) is 5.69 Å². The second kappa shape index (κ2) is 5.92. The lowest BCUT2D eigenvalue weighted by Gasteiger charge is -2.24. The third-order valence-electron chi connectivity index (χ3n) is 5.34. The van der Waals surface area contributed by atoms with Gasteiger partial charge in [0.15, 0.2) is 0 Å². The van der Waals surface area contributed by atoms with E-state index in [2.05, 4.69) is 10.3 Å². The Morgan fingerprint density at radius 3 is 2.64 bits per heavy atom. The van der Waals surface area contributed by atoms with Crippen LogP contribution in [0, 0.1) is 0 Å². The van der Waals surface area contributed by atoms with Crippen molar-refractivity contribution in [3.05, 3.63) is 84.3 Å². The van der Waals surface area contributed by atoms with Crippen LogP contribution in [-0.4, -0.2) is 26.2 Å². The largest absolute Gasteiger partial charge is 0.325 e. The molecule has 0 radical (unpaired) electrons. The van der Waals surface area contributed by atoms with Crippen molar-refractivity contribution in [3.8, 4) is 0 Å². The van der Waals surface area contributed by atoms with Crippen molar-refractivity contribution in [2.24, 2.45) is 0 Å². The normalized spacial score (nSPS) is 19.5. The van der Waals surface area contributed by atoms with Crippen molar-refractivity contribution in [2.45, 2.75) is 19.0 Å². The number of carbonyl (C=O) groups is 2. The molecule has 1 saturated heterocycles. The highest BCUT2D eigenvalue weighted by Crippen LogP contribution is 2.34. The molecule has 1 unspecified atom stereocenters. The number of hydrogen-bond acceptors (Lipinski definition) is 3. The number of rotatable bonds is 3. The van der Waals surface area contributed by atoms with Crippen molar-refractivity contribution in [2.75, 3.05) is 0 Å². The minimum absolute atomic E-state index is 0.132. The number of fused-ring (bicyclic) bond motifs is 2. The molecule has 3 heterocycles. The Hall–Kier alpha value is -3.67. The third-order valence-corrected chi connectivity index (χ3v) is 5.34. The van der Waals surface area contributed by atoms with Gasteiger partial charge in [0, 0.05) is 12.4 Å². The minimum Gasteiger partial charge on any atom is -0.319 e. The smallest absolute Gasteiger partial charge is 0.319 e. The molecule has 28 heavy (non-hydrogen) atoms. The zero-order valence-corrected chi connectivity index (χ0v) is 15.3. The fraction of sp³-hybridized carbons (Fsp3) is 0.136. The number of urea groups is 1. The van der Waals surface area contributed by atoms with Gasteiger partial charge < -0.3 is 9.72 Å². The highest BCUT2D eigenvalue weighted by atomic mass is 16.2. The van der Waals surface area contributed by atoms with Crippen LogP contribution in [0.15, 0.2) is 73.1 Å². The number of pyridine rings is 1. The number of amides is 3. The molecule has 2 aromatic carbocycles. The van der Waals surface area contributed by atoms with Crippen molar-refractivity contribution >= 4 is 28.4 Å². The summed E-state index contributed by atoms with van der Waals surface area (Å²) < 4.78 is 1.87. The van der Waals surface area contributed by atoms with Gasteiger partial charge in [0.1, 0.15) is 11.2 Å². The van der Waals surface area contributed by atoms with Gasteiger partial charge in [-0.2, -0.15) is 0 Å². The zero-order valence-electron chi connectivity index (χ0n) is 15.3. The van der Waals surface area contributed by atoms with E-state index < -0.39 is 11.6 Å². The predicted octanol–water partition coefficient (Wildman–Crippen LogP) is 3.45. The Bertz CT molecular complexity index is 1210. The molecule has 1 atom stereocenters. The van der Waals surface area contributed by atoms with E-state index in [0.717, 1.165) is 22.0 Å². The second-order valence-electron chi connectivity index (χ2n) is 7.17. The molecule has 4 aromatic rings. The molecule has 138 valence electrons. The van der Waals surface area contributed by atoms with Gasteiger partial charge in [-0.3, -0.25) is 9.69 Å². The lowest BCUT2D eigenvalue weighted by molar-refractivity contribution is -0.131. The Labute approximate surface area is 161 Å². The van der Waals surface area contributed by atoms with Crippen LogP contribution in [0.5, 0.6) is 0 Å². The van der Waals surface area contributed by atoms with Gasteiger partial charge in [0.2, 0.25) is 0 Å². The standard InChI is InChI=1S/C22H18N4O2/c1-22(18-10-6-8-15-7-2-3-9-17(15)18)20(27)26(21(28)24-22)14-16-13-25-12-5-4-11-19(25)23-16/h2-13H,14H2,1H3,(H,24,28). The van der Waals surface area contributed by atoms with E-state index in [-0.39, 0.29) is 12.5 Å². The van der Waals surface area contributed by atoms with E-state index in [1.165, 1.54) is 4.90 Å². The molecular formula is C22H18N4O2. The number of aromatic nitrogens is 2. The van der Waals surface area contributed by atoms with Gasteiger partial charge in [-0.25, -0.2) is 9.78 Å². The average molecular weight is 370 g/mol. The number of hydrogen-bond donors (Lipinski definition) is 1. The first-order chi connectivity index (χ1) is 13.6. The van der Waals surface area contributed by atoms with Gasteiger partial charge in [-0.05, 0) is 35.4 Å². The molecule has 5 rings (SSSR count). The lowest BCUT2D eigenvalue weighted by Crippen LogP contribution is -2.41. The molecule has 1 aliphatic rings. The summed E-state index contributed by atoms with van der Waals surface area (Å²) in [5.41, 5.74) is 1.12. The maximum absolute atomic E-state index is 13.3. The third kappa shape index (κ3) is 2.38. The van der Waals surface area contributed by atoms with Gasteiger partial charge in [0.25, 0.3) is 5.91 Å². The maximum atomic E-state index is 13.3. The molecule has 0 aliphatic carbocycles. The maximum Gasteiger partial charge on any atom is 0.325 e. The number of nitrogens with one attached hydrogen (secondary N) is 1. The van der Waals surface area contributed by atoms with Crippen LogP contribution in [0.2, 0.25) is 0 Å². The fourth-order valence-corrected chi connectivity index (χ4v) is 3.91. The number of nitrogens with zero attached hydrogens (tertiary/aromatic N) is 3. The molecule has 0 bridgehead atoms. The topological polar surface area (TPSA) is 66.7 Å². The highest BCUT2D eigenvalue weighted by molar-refractivity contribution is 6.09. The predicted molar refractivity (Wildman–Crippen MR) is 106 cm³/mol. The molecule has 0 saturated carbocycles. The van der Waals surface area contributed by atoms with Crippen LogP contribution in [0.1, 0.15) is 18.2 Å². The number of benzene rings is 2. The molecular weight excluding hydrogens is 352 g/mol. The molecule has 1 N–H and O–H groups in total. The van der Waals surface area contributed by atoms with E-state index in [9.17, 15) is 9.59 Å². The summed E-state index contributed by atoms with van der Waals surface area (Å²) in [6.07, 6.45) is 3.72. The van der Waals surface area contributed by atoms with Crippen LogP contribution in [-0.2, 0) is 16.9 Å². The van der Waals surface area contributed by atoms with Crippen molar-refractivity contribution in [1.29, 1.82) is 0 Å². The van der Waals surface area contributed by atoms with Gasteiger partial charge in [-0.1, -0.05) is 48.5 Å². The van der Waals surface area contributed by atoms with Crippen molar-refractivity contribution in [1.82, 2.24) is 19.6 Å². The Morgan fingerprint density at radius 1 is 1.00 bits per heavy atom. The fourth-order valence-electron chi connectivity index (χ4n) is 3.91. The summed E-state index contributed by atoms with van der Waals surface area (Å²) in [7, 11) is 0. The summed E-state index contributed by atoms with van der Waals surface area (Å²) in [4.78, 5) is 31.7. The minimum atomic E-state index is -1.11.